The average molecular weight is 292 g/mol. The van der Waals surface area contributed by atoms with Gasteiger partial charge >= 0.3 is 0 Å². The summed E-state index contributed by atoms with van der Waals surface area (Å²) in [5.74, 6) is 0. The van der Waals surface area contributed by atoms with E-state index >= 15 is 0 Å². The van der Waals surface area contributed by atoms with Crippen molar-refractivity contribution in [3.63, 3.8) is 0 Å². The monoisotopic (exact) mass is 292 g/mol. The van der Waals surface area contributed by atoms with Crippen LogP contribution in [0.2, 0.25) is 0 Å². The van der Waals surface area contributed by atoms with Crippen molar-refractivity contribution < 1.29 is 4.74 Å². The van der Waals surface area contributed by atoms with Crippen molar-refractivity contribution in [2.24, 2.45) is 5.73 Å². The number of ether oxygens (including phenoxy) is 1. The average Bonchev–Trinajstić information content (AvgIpc) is 2.85. The number of nitrogens with two attached hydrogens (primary N) is 1. The Hall–Kier alpha value is -0.940. The minimum atomic E-state index is 0.591. The molecule has 2 aromatic rings. The van der Waals surface area contributed by atoms with Gasteiger partial charge in [0.15, 0.2) is 0 Å². The second-order valence-electron chi connectivity index (χ2n) is 4.78. The topological polar surface area (TPSA) is 38.5 Å². The third-order valence-corrected chi connectivity index (χ3v) is 4.90. The van der Waals surface area contributed by atoms with Crippen LogP contribution in [0, 0.1) is 0 Å². The minimum Gasteiger partial charge on any atom is -0.375 e. The second-order valence-corrected chi connectivity index (χ2v) is 5.92. The third-order valence-electron chi connectivity index (χ3n) is 3.66. The van der Waals surface area contributed by atoms with Gasteiger partial charge in [0.25, 0.3) is 0 Å². The molecule has 0 amide bonds. The summed E-state index contributed by atoms with van der Waals surface area (Å²) in [6.07, 6.45) is 0. The molecule has 1 aromatic carbocycles. The van der Waals surface area contributed by atoms with Gasteiger partial charge in [-0.05, 0) is 24.5 Å². The molecule has 0 radical (unpaired) electrons. The SMILES string of the molecule is CCN(CC)CCOCc1c(CN)sc2ccccc12. The van der Waals surface area contributed by atoms with E-state index in [2.05, 4.69) is 43.0 Å². The number of rotatable bonds is 8. The highest BCUT2D eigenvalue weighted by Gasteiger charge is 2.10. The number of nitrogens with zero attached hydrogens (tertiary/aromatic N) is 1. The number of hydrogen-bond donors (Lipinski definition) is 1. The fraction of sp³-hybridized carbons (Fsp3) is 0.500. The van der Waals surface area contributed by atoms with Gasteiger partial charge in [0.2, 0.25) is 0 Å². The fourth-order valence-electron chi connectivity index (χ4n) is 2.38. The van der Waals surface area contributed by atoms with Crippen molar-refractivity contribution in [2.45, 2.75) is 27.0 Å². The molecule has 2 rings (SSSR count). The van der Waals surface area contributed by atoms with Crippen LogP contribution < -0.4 is 5.73 Å². The molecule has 0 atom stereocenters. The molecule has 0 aliphatic rings. The summed E-state index contributed by atoms with van der Waals surface area (Å²) in [6.45, 7) is 9.55. The Morgan fingerprint density at radius 1 is 1.20 bits per heavy atom. The van der Waals surface area contributed by atoms with Crippen LogP contribution in [-0.4, -0.2) is 31.1 Å². The predicted octanol–water partition coefficient (Wildman–Crippen LogP) is 3.22. The van der Waals surface area contributed by atoms with E-state index in [4.69, 9.17) is 10.5 Å². The molecule has 4 heteroatoms. The summed E-state index contributed by atoms with van der Waals surface area (Å²) in [5.41, 5.74) is 7.13. The molecule has 1 aromatic heterocycles. The van der Waals surface area contributed by atoms with Gasteiger partial charge in [-0.1, -0.05) is 32.0 Å². The summed E-state index contributed by atoms with van der Waals surface area (Å²) >= 11 is 1.78. The van der Waals surface area contributed by atoms with Gasteiger partial charge in [-0.25, -0.2) is 0 Å². The Kier molecular flexibility index (Phi) is 5.98. The molecule has 3 nitrogen and oxygen atoms in total. The van der Waals surface area contributed by atoms with Crippen LogP contribution in [0.4, 0.5) is 0 Å². The van der Waals surface area contributed by atoms with Gasteiger partial charge in [0, 0.05) is 28.2 Å². The summed E-state index contributed by atoms with van der Waals surface area (Å²) in [7, 11) is 0. The molecule has 110 valence electrons. The lowest BCUT2D eigenvalue weighted by molar-refractivity contribution is 0.0961. The van der Waals surface area contributed by atoms with E-state index < -0.39 is 0 Å². The Morgan fingerprint density at radius 2 is 1.95 bits per heavy atom. The molecule has 0 aliphatic heterocycles. The first-order valence-electron chi connectivity index (χ1n) is 7.29. The van der Waals surface area contributed by atoms with E-state index in [0.29, 0.717) is 13.2 Å². The van der Waals surface area contributed by atoms with Crippen LogP contribution in [0.3, 0.4) is 0 Å². The summed E-state index contributed by atoms with van der Waals surface area (Å²) in [5, 5.41) is 1.29. The van der Waals surface area contributed by atoms with Crippen LogP contribution in [0.1, 0.15) is 24.3 Å². The molecular weight excluding hydrogens is 268 g/mol. The van der Waals surface area contributed by atoms with Gasteiger partial charge in [-0.3, -0.25) is 0 Å². The zero-order valence-electron chi connectivity index (χ0n) is 12.4. The Morgan fingerprint density at radius 3 is 2.65 bits per heavy atom. The highest BCUT2D eigenvalue weighted by Crippen LogP contribution is 2.31. The predicted molar refractivity (Wildman–Crippen MR) is 87.2 cm³/mol. The molecule has 0 aliphatic carbocycles. The van der Waals surface area contributed by atoms with Crippen LogP contribution in [0.5, 0.6) is 0 Å². The Labute approximate surface area is 125 Å². The lowest BCUT2D eigenvalue weighted by Gasteiger charge is -2.17. The second kappa shape index (κ2) is 7.74. The lowest BCUT2D eigenvalue weighted by Crippen LogP contribution is -2.27. The van der Waals surface area contributed by atoms with E-state index in [1.165, 1.54) is 20.5 Å². The summed E-state index contributed by atoms with van der Waals surface area (Å²) < 4.78 is 7.17. The Balaban J connectivity index is 1.98. The van der Waals surface area contributed by atoms with Crippen molar-refractivity contribution in [1.29, 1.82) is 0 Å². The summed E-state index contributed by atoms with van der Waals surface area (Å²) in [6, 6.07) is 8.46. The van der Waals surface area contributed by atoms with Crippen LogP contribution in [-0.2, 0) is 17.9 Å². The molecule has 0 spiro atoms. The van der Waals surface area contributed by atoms with Crippen molar-refractivity contribution in [3.05, 3.63) is 34.7 Å². The normalized spacial score (nSPS) is 11.6. The fourth-order valence-corrected chi connectivity index (χ4v) is 3.47. The highest BCUT2D eigenvalue weighted by molar-refractivity contribution is 7.19. The third kappa shape index (κ3) is 3.58. The standard InChI is InChI=1S/C16H24N2OS/c1-3-18(4-2)9-10-19-12-14-13-7-5-6-8-15(13)20-16(14)11-17/h5-8H,3-4,9-12,17H2,1-2H3. The van der Waals surface area contributed by atoms with Crippen LogP contribution >= 0.6 is 11.3 Å². The number of hydrogen-bond acceptors (Lipinski definition) is 4. The first kappa shape index (κ1) is 15.4. The maximum Gasteiger partial charge on any atom is 0.0734 e. The molecule has 0 bridgehead atoms. The number of thiophene rings is 1. The molecule has 0 unspecified atom stereocenters. The van der Waals surface area contributed by atoms with E-state index in [1.54, 1.807) is 11.3 Å². The molecule has 0 saturated carbocycles. The maximum atomic E-state index is 5.87. The quantitative estimate of drug-likeness (QED) is 0.759. The smallest absolute Gasteiger partial charge is 0.0734 e. The maximum absolute atomic E-state index is 5.87. The zero-order valence-corrected chi connectivity index (χ0v) is 13.2. The molecule has 1 heterocycles. The summed E-state index contributed by atoms with van der Waals surface area (Å²) in [4.78, 5) is 3.62. The van der Waals surface area contributed by atoms with Crippen molar-refractivity contribution in [1.82, 2.24) is 4.90 Å². The van der Waals surface area contributed by atoms with Gasteiger partial charge in [-0.15, -0.1) is 11.3 Å². The van der Waals surface area contributed by atoms with Gasteiger partial charge in [0.1, 0.15) is 0 Å². The lowest BCUT2D eigenvalue weighted by atomic mass is 10.1. The highest BCUT2D eigenvalue weighted by atomic mass is 32.1. The Bertz CT molecular complexity index is 534. The largest absolute Gasteiger partial charge is 0.375 e. The molecule has 0 saturated heterocycles. The van der Waals surface area contributed by atoms with Crippen LogP contribution in [0.15, 0.2) is 24.3 Å². The molecular formula is C16H24N2OS. The van der Waals surface area contributed by atoms with Crippen LogP contribution in [0.25, 0.3) is 10.1 Å². The van der Waals surface area contributed by atoms with Gasteiger partial charge in [0.05, 0.1) is 13.2 Å². The van der Waals surface area contributed by atoms with E-state index in [0.717, 1.165) is 26.2 Å². The van der Waals surface area contributed by atoms with E-state index in [-0.39, 0.29) is 0 Å². The first-order valence-corrected chi connectivity index (χ1v) is 8.11. The molecule has 0 fully saturated rings. The molecule has 20 heavy (non-hydrogen) atoms. The van der Waals surface area contributed by atoms with Gasteiger partial charge in [-0.2, -0.15) is 0 Å². The van der Waals surface area contributed by atoms with E-state index in [9.17, 15) is 0 Å². The van der Waals surface area contributed by atoms with E-state index in [1.807, 2.05) is 0 Å². The van der Waals surface area contributed by atoms with Crippen molar-refractivity contribution in [3.8, 4) is 0 Å². The minimum absolute atomic E-state index is 0.591. The molecule has 2 N–H and O–H groups in total. The zero-order chi connectivity index (χ0) is 14.4. The first-order chi connectivity index (χ1) is 9.80. The number of fused-ring (bicyclic) bond motifs is 1. The number of benzene rings is 1. The van der Waals surface area contributed by atoms with Crippen molar-refractivity contribution >= 4 is 21.4 Å². The number of likely N-dealkylation sites (N-methyl/N-ethyl adjacent to an activating group) is 1. The van der Waals surface area contributed by atoms with Gasteiger partial charge < -0.3 is 15.4 Å². The van der Waals surface area contributed by atoms with Crippen molar-refractivity contribution in [2.75, 3.05) is 26.2 Å².